The van der Waals surface area contributed by atoms with E-state index in [1.54, 1.807) is 0 Å². The van der Waals surface area contributed by atoms with E-state index >= 15 is 0 Å². The lowest BCUT2D eigenvalue weighted by Gasteiger charge is -2.26. The molecule has 4 nitrogen and oxygen atoms in total. The minimum atomic E-state index is -0.337. The van der Waals surface area contributed by atoms with Crippen LogP contribution in [0.2, 0.25) is 0 Å². The van der Waals surface area contributed by atoms with Gasteiger partial charge in [0.1, 0.15) is 17.3 Å². The van der Waals surface area contributed by atoms with Crippen molar-refractivity contribution in [2.24, 2.45) is 0 Å². The van der Waals surface area contributed by atoms with Crippen molar-refractivity contribution >= 4 is 5.91 Å². The fraction of sp³-hybridized carbons (Fsp3) is 0.235. The molecule has 22 heavy (non-hydrogen) atoms. The molecule has 0 aliphatic carbocycles. The van der Waals surface area contributed by atoms with Crippen LogP contribution in [0.5, 0.6) is 11.5 Å². The summed E-state index contributed by atoms with van der Waals surface area (Å²) < 4.78 is 23.7. The van der Waals surface area contributed by atoms with E-state index in [1.807, 2.05) is 24.3 Å². The molecule has 0 saturated carbocycles. The fourth-order valence-electron chi connectivity index (χ4n) is 2.41. The third-order valence-corrected chi connectivity index (χ3v) is 3.48. The van der Waals surface area contributed by atoms with Crippen LogP contribution in [0.15, 0.2) is 48.5 Å². The van der Waals surface area contributed by atoms with Crippen LogP contribution >= 0.6 is 0 Å². The molecular weight excluding hydrogens is 285 g/mol. The van der Waals surface area contributed by atoms with E-state index in [0.717, 1.165) is 17.7 Å². The molecule has 0 fully saturated rings. The highest BCUT2D eigenvalue weighted by Gasteiger charge is 2.22. The molecule has 0 spiro atoms. The molecule has 1 atom stereocenters. The Hall–Kier alpha value is -2.56. The highest BCUT2D eigenvalue weighted by atomic mass is 19.1. The van der Waals surface area contributed by atoms with Gasteiger partial charge in [0.15, 0.2) is 6.61 Å². The summed E-state index contributed by atoms with van der Waals surface area (Å²) in [5, 5.41) is 2.94. The first kappa shape index (κ1) is 14.4. The van der Waals surface area contributed by atoms with Crippen LogP contribution in [0.25, 0.3) is 0 Å². The van der Waals surface area contributed by atoms with Crippen molar-refractivity contribution < 1.29 is 18.7 Å². The summed E-state index contributed by atoms with van der Waals surface area (Å²) in [6.07, 6.45) is 0.722. The molecule has 1 amide bonds. The van der Waals surface area contributed by atoms with E-state index in [1.165, 1.54) is 24.3 Å². The molecule has 1 N–H and O–H groups in total. The number of para-hydroxylation sites is 1. The Morgan fingerprint density at radius 2 is 2.00 bits per heavy atom. The minimum Gasteiger partial charge on any atom is -0.493 e. The predicted octanol–water partition coefficient (Wildman–Crippen LogP) is 2.84. The summed E-state index contributed by atoms with van der Waals surface area (Å²) in [5.41, 5.74) is 0.976. The molecule has 1 heterocycles. The smallest absolute Gasteiger partial charge is 0.258 e. The van der Waals surface area contributed by atoms with Crippen molar-refractivity contribution in [1.82, 2.24) is 5.32 Å². The maximum Gasteiger partial charge on any atom is 0.258 e. The minimum absolute atomic E-state index is 0.0748. The van der Waals surface area contributed by atoms with Gasteiger partial charge < -0.3 is 14.8 Å². The zero-order chi connectivity index (χ0) is 15.4. The van der Waals surface area contributed by atoms with Crippen LogP contribution in [0.1, 0.15) is 18.0 Å². The largest absolute Gasteiger partial charge is 0.493 e. The molecule has 0 bridgehead atoms. The molecule has 2 aromatic carbocycles. The lowest BCUT2D eigenvalue weighted by atomic mass is 10.0. The Kier molecular flexibility index (Phi) is 4.23. The number of hydrogen-bond donors (Lipinski definition) is 1. The summed E-state index contributed by atoms with van der Waals surface area (Å²) in [5.74, 6) is 0.712. The molecule has 0 radical (unpaired) electrons. The van der Waals surface area contributed by atoms with Crippen LogP contribution in [-0.4, -0.2) is 19.1 Å². The number of hydrogen-bond acceptors (Lipinski definition) is 3. The van der Waals surface area contributed by atoms with Gasteiger partial charge in [-0.3, -0.25) is 4.79 Å². The summed E-state index contributed by atoms with van der Waals surface area (Å²) >= 11 is 0. The number of fused-ring (bicyclic) bond motifs is 1. The molecule has 2 aromatic rings. The number of halogens is 1. The maximum atomic E-state index is 12.8. The zero-order valence-electron chi connectivity index (χ0n) is 11.9. The Labute approximate surface area is 127 Å². The SMILES string of the molecule is O=C(COc1ccc(F)cc1)N[C@@H]1CCOc2ccccc21. The predicted molar refractivity (Wildman–Crippen MR) is 79.3 cm³/mol. The van der Waals surface area contributed by atoms with Gasteiger partial charge >= 0.3 is 0 Å². The summed E-state index contributed by atoms with van der Waals surface area (Å²) in [4.78, 5) is 12.0. The Morgan fingerprint density at radius 1 is 1.23 bits per heavy atom. The molecule has 1 aliphatic heterocycles. The van der Waals surface area contributed by atoms with Crippen molar-refractivity contribution in [2.45, 2.75) is 12.5 Å². The fourth-order valence-corrected chi connectivity index (χ4v) is 2.41. The number of nitrogens with one attached hydrogen (secondary N) is 1. The van der Waals surface area contributed by atoms with Crippen LogP contribution in [0.3, 0.4) is 0 Å². The molecule has 114 valence electrons. The van der Waals surface area contributed by atoms with E-state index in [0.29, 0.717) is 12.4 Å². The summed E-state index contributed by atoms with van der Waals surface area (Å²) in [6.45, 7) is 0.464. The number of amides is 1. The van der Waals surface area contributed by atoms with Crippen molar-refractivity contribution in [2.75, 3.05) is 13.2 Å². The number of rotatable bonds is 4. The quantitative estimate of drug-likeness (QED) is 0.944. The van der Waals surface area contributed by atoms with E-state index < -0.39 is 0 Å². The Balaban J connectivity index is 1.57. The van der Waals surface area contributed by atoms with Crippen molar-refractivity contribution in [3.05, 3.63) is 59.9 Å². The topological polar surface area (TPSA) is 47.6 Å². The second-order valence-electron chi connectivity index (χ2n) is 5.04. The van der Waals surface area contributed by atoms with Crippen molar-refractivity contribution in [1.29, 1.82) is 0 Å². The Bertz CT molecular complexity index is 657. The van der Waals surface area contributed by atoms with Crippen LogP contribution in [-0.2, 0) is 4.79 Å². The van der Waals surface area contributed by atoms with Gasteiger partial charge in [-0.15, -0.1) is 0 Å². The zero-order valence-corrected chi connectivity index (χ0v) is 11.9. The number of carbonyl (C=O) groups excluding carboxylic acids is 1. The van der Waals surface area contributed by atoms with E-state index in [-0.39, 0.29) is 24.4 Å². The van der Waals surface area contributed by atoms with Gasteiger partial charge in [0.25, 0.3) is 5.91 Å². The normalized spacial score (nSPS) is 16.3. The third kappa shape index (κ3) is 3.36. The van der Waals surface area contributed by atoms with Crippen LogP contribution < -0.4 is 14.8 Å². The van der Waals surface area contributed by atoms with Crippen molar-refractivity contribution in [3.8, 4) is 11.5 Å². The molecule has 5 heteroatoms. The average Bonchev–Trinajstić information content (AvgIpc) is 2.55. The second kappa shape index (κ2) is 6.47. The monoisotopic (exact) mass is 301 g/mol. The van der Waals surface area contributed by atoms with Gasteiger partial charge in [-0.25, -0.2) is 4.39 Å². The van der Waals surface area contributed by atoms with Gasteiger partial charge in [-0.1, -0.05) is 18.2 Å². The van der Waals surface area contributed by atoms with Gasteiger partial charge in [-0.05, 0) is 30.3 Å². The number of benzene rings is 2. The standard InChI is InChI=1S/C17H16FNO3/c18-12-5-7-13(8-6-12)22-11-17(20)19-15-9-10-21-16-4-2-1-3-14(15)16/h1-8,15H,9-11H2,(H,19,20)/t15-/m1/s1. The molecule has 3 rings (SSSR count). The first-order valence-corrected chi connectivity index (χ1v) is 7.12. The van der Waals surface area contributed by atoms with Crippen LogP contribution in [0, 0.1) is 5.82 Å². The highest BCUT2D eigenvalue weighted by molar-refractivity contribution is 5.78. The number of carbonyl (C=O) groups is 1. The Morgan fingerprint density at radius 3 is 2.82 bits per heavy atom. The van der Waals surface area contributed by atoms with E-state index in [9.17, 15) is 9.18 Å². The second-order valence-corrected chi connectivity index (χ2v) is 5.04. The lowest BCUT2D eigenvalue weighted by Crippen LogP contribution is -2.35. The molecule has 0 aromatic heterocycles. The van der Waals surface area contributed by atoms with Crippen LogP contribution in [0.4, 0.5) is 4.39 Å². The number of ether oxygens (including phenoxy) is 2. The first-order valence-electron chi connectivity index (χ1n) is 7.12. The van der Waals surface area contributed by atoms with Gasteiger partial charge in [0.05, 0.1) is 12.6 Å². The summed E-state index contributed by atoms with van der Waals surface area (Å²) in [7, 11) is 0. The van der Waals surface area contributed by atoms with Gasteiger partial charge in [0.2, 0.25) is 0 Å². The lowest BCUT2D eigenvalue weighted by molar-refractivity contribution is -0.124. The third-order valence-electron chi connectivity index (χ3n) is 3.48. The highest BCUT2D eigenvalue weighted by Crippen LogP contribution is 2.31. The molecular formula is C17H16FNO3. The maximum absolute atomic E-state index is 12.8. The van der Waals surface area contributed by atoms with E-state index in [2.05, 4.69) is 5.32 Å². The molecule has 0 saturated heterocycles. The van der Waals surface area contributed by atoms with Crippen molar-refractivity contribution in [3.63, 3.8) is 0 Å². The van der Waals surface area contributed by atoms with Gasteiger partial charge in [0, 0.05) is 12.0 Å². The molecule has 0 unspecified atom stereocenters. The average molecular weight is 301 g/mol. The van der Waals surface area contributed by atoms with Gasteiger partial charge in [-0.2, -0.15) is 0 Å². The first-order chi connectivity index (χ1) is 10.7. The summed E-state index contributed by atoms with van der Waals surface area (Å²) in [6, 6.07) is 13.2. The van der Waals surface area contributed by atoms with E-state index in [4.69, 9.17) is 9.47 Å². The molecule has 1 aliphatic rings.